The van der Waals surface area contributed by atoms with Gasteiger partial charge in [-0.25, -0.2) is 0 Å². The summed E-state index contributed by atoms with van der Waals surface area (Å²) in [5.41, 5.74) is 0. The van der Waals surface area contributed by atoms with E-state index in [1.54, 1.807) is 19.6 Å². The van der Waals surface area contributed by atoms with Crippen molar-refractivity contribution in [3.63, 3.8) is 0 Å². The number of hydrogen-bond donors (Lipinski definition) is 4. The molecule has 0 bridgehead atoms. The molecule has 1 atom stereocenters. The number of nitrogens with zero attached hydrogens (tertiary/aromatic N) is 4. The van der Waals surface area contributed by atoms with Gasteiger partial charge in [0.1, 0.15) is 6.04 Å². The van der Waals surface area contributed by atoms with E-state index in [1.165, 1.54) is 0 Å². The van der Waals surface area contributed by atoms with Gasteiger partial charge in [0.15, 0.2) is 0 Å². The second kappa shape index (κ2) is 13.9. The van der Waals surface area contributed by atoms with Gasteiger partial charge >= 0.3 is 23.9 Å². The second-order valence-electron chi connectivity index (χ2n) is 7.69. The second-order valence-corrected chi connectivity index (χ2v) is 7.69. The zero-order valence-corrected chi connectivity index (χ0v) is 18.0. The molecule has 1 saturated heterocycles. The highest BCUT2D eigenvalue weighted by Crippen LogP contribution is 2.10. The van der Waals surface area contributed by atoms with Gasteiger partial charge in [-0.3, -0.25) is 38.8 Å². The monoisotopic (exact) mass is 446 g/mol. The first-order valence-corrected chi connectivity index (χ1v) is 10.4. The van der Waals surface area contributed by atoms with Crippen molar-refractivity contribution >= 4 is 23.9 Å². The van der Waals surface area contributed by atoms with Crippen LogP contribution < -0.4 is 0 Å². The van der Waals surface area contributed by atoms with Gasteiger partial charge in [0.2, 0.25) is 0 Å². The van der Waals surface area contributed by atoms with Crippen molar-refractivity contribution in [2.45, 2.75) is 25.8 Å². The summed E-state index contributed by atoms with van der Waals surface area (Å²) in [7, 11) is 0. The van der Waals surface area contributed by atoms with Crippen molar-refractivity contribution in [3.05, 3.63) is 0 Å². The van der Waals surface area contributed by atoms with Crippen LogP contribution in [0.1, 0.15) is 19.8 Å². The molecule has 31 heavy (non-hydrogen) atoms. The largest absolute Gasteiger partial charge is 0.480 e. The van der Waals surface area contributed by atoms with E-state index in [0.717, 1.165) is 0 Å². The van der Waals surface area contributed by atoms with Crippen molar-refractivity contribution in [2.75, 3.05) is 72.0 Å². The lowest BCUT2D eigenvalue weighted by Gasteiger charge is -2.35. The molecule has 4 N–H and O–H groups in total. The van der Waals surface area contributed by atoms with Crippen molar-refractivity contribution in [3.8, 4) is 0 Å². The maximum atomic E-state index is 11.8. The van der Waals surface area contributed by atoms with Crippen LogP contribution in [0.3, 0.4) is 0 Å². The summed E-state index contributed by atoms with van der Waals surface area (Å²) in [4.78, 5) is 52.3. The van der Waals surface area contributed by atoms with E-state index < -0.39 is 29.9 Å². The van der Waals surface area contributed by atoms with Crippen molar-refractivity contribution < 1.29 is 39.6 Å². The smallest absolute Gasteiger partial charge is 0.320 e. The molecular formula is C19H34N4O8. The minimum absolute atomic E-state index is 0.231. The average Bonchev–Trinajstić information content (AvgIpc) is 2.65. The van der Waals surface area contributed by atoms with Gasteiger partial charge in [0.05, 0.1) is 19.6 Å². The van der Waals surface area contributed by atoms with Crippen LogP contribution >= 0.6 is 0 Å². The summed E-state index contributed by atoms with van der Waals surface area (Å²) < 4.78 is 0. The van der Waals surface area contributed by atoms with Crippen LogP contribution in [0.5, 0.6) is 0 Å². The molecule has 0 saturated carbocycles. The average molecular weight is 447 g/mol. The Morgan fingerprint density at radius 1 is 0.645 bits per heavy atom. The first-order chi connectivity index (χ1) is 14.6. The summed E-state index contributed by atoms with van der Waals surface area (Å²) in [6.45, 7) is 3.64. The maximum absolute atomic E-state index is 11.8. The van der Waals surface area contributed by atoms with Crippen LogP contribution in [-0.2, 0) is 19.2 Å². The maximum Gasteiger partial charge on any atom is 0.320 e. The van der Waals surface area contributed by atoms with Crippen LogP contribution in [0.15, 0.2) is 0 Å². The molecule has 0 aromatic carbocycles. The van der Waals surface area contributed by atoms with Crippen LogP contribution in [0, 0.1) is 0 Å². The van der Waals surface area contributed by atoms with E-state index in [9.17, 15) is 34.5 Å². The normalized spacial score (nSPS) is 19.8. The predicted octanol–water partition coefficient (Wildman–Crippen LogP) is -1.28. The standard InChI is InChI=1S/C19H34N4O8/c1-2-3-15(19(30)31)23-10-8-21(13-17(26)27)6-4-20(12-16(24)25)5-7-22(9-11-23)14-18(28)29/h15H,2-14H2,1H3,(H,24,25)(H,26,27)(H,28,29)(H,30,31). The minimum atomic E-state index is -1.02. The molecule has 12 heteroatoms. The number of hydrogen-bond acceptors (Lipinski definition) is 8. The van der Waals surface area contributed by atoms with E-state index in [4.69, 9.17) is 5.11 Å². The molecule has 1 unspecified atom stereocenters. The quantitative estimate of drug-likeness (QED) is 0.315. The van der Waals surface area contributed by atoms with E-state index >= 15 is 0 Å². The third kappa shape index (κ3) is 11.1. The lowest BCUT2D eigenvalue weighted by molar-refractivity contribution is -0.145. The summed E-state index contributed by atoms with van der Waals surface area (Å²) in [6, 6.07) is -0.741. The molecule has 1 rings (SSSR count). The van der Waals surface area contributed by atoms with Gasteiger partial charge in [-0.05, 0) is 6.42 Å². The zero-order chi connectivity index (χ0) is 23.4. The number of carbonyl (C=O) groups is 4. The van der Waals surface area contributed by atoms with Crippen LogP contribution in [-0.4, -0.2) is 142 Å². The first-order valence-electron chi connectivity index (χ1n) is 10.4. The highest BCUT2D eigenvalue weighted by molar-refractivity contribution is 5.73. The topological polar surface area (TPSA) is 162 Å². The Hall–Kier alpha value is -2.28. The molecule has 178 valence electrons. The van der Waals surface area contributed by atoms with Gasteiger partial charge in [0.25, 0.3) is 0 Å². The molecule has 0 aromatic heterocycles. The van der Waals surface area contributed by atoms with Gasteiger partial charge in [-0.1, -0.05) is 13.3 Å². The van der Waals surface area contributed by atoms with Crippen LogP contribution in [0.25, 0.3) is 0 Å². The van der Waals surface area contributed by atoms with Crippen molar-refractivity contribution in [1.29, 1.82) is 0 Å². The van der Waals surface area contributed by atoms with E-state index in [-0.39, 0.29) is 19.6 Å². The van der Waals surface area contributed by atoms with Crippen molar-refractivity contribution in [2.24, 2.45) is 0 Å². The summed E-state index contributed by atoms with van der Waals surface area (Å²) in [6.07, 6.45) is 1.09. The Morgan fingerprint density at radius 2 is 0.968 bits per heavy atom. The summed E-state index contributed by atoms with van der Waals surface area (Å²) in [5.74, 6) is -4.01. The fourth-order valence-electron chi connectivity index (χ4n) is 3.65. The molecule has 1 aliphatic heterocycles. The Bertz CT molecular complexity index is 586. The fourth-order valence-corrected chi connectivity index (χ4v) is 3.65. The Balaban J connectivity index is 3.06. The summed E-state index contributed by atoms with van der Waals surface area (Å²) in [5, 5.41) is 37.2. The lowest BCUT2D eigenvalue weighted by Crippen LogP contribution is -2.51. The Labute approximate surface area is 181 Å². The first kappa shape index (κ1) is 26.8. The summed E-state index contributed by atoms with van der Waals surface area (Å²) >= 11 is 0. The Morgan fingerprint density at radius 3 is 1.23 bits per heavy atom. The fraction of sp³-hybridized carbons (Fsp3) is 0.789. The van der Waals surface area contributed by atoms with E-state index in [0.29, 0.717) is 65.2 Å². The molecule has 1 fully saturated rings. The molecule has 0 aliphatic carbocycles. The lowest BCUT2D eigenvalue weighted by atomic mass is 10.1. The third-order valence-corrected chi connectivity index (χ3v) is 5.24. The molecular weight excluding hydrogens is 412 g/mol. The van der Waals surface area contributed by atoms with E-state index in [2.05, 4.69) is 0 Å². The molecule has 0 aromatic rings. The zero-order valence-electron chi connectivity index (χ0n) is 18.0. The predicted molar refractivity (Wildman–Crippen MR) is 110 cm³/mol. The highest BCUT2D eigenvalue weighted by atomic mass is 16.4. The highest BCUT2D eigenvalue weighted by Gasteiger charge is 2.27. The van der Waals surface area contributed by atoms with Crippen molar-refractivity contribution in [1.82, 2.24) is 19.6 Å². The SMILES string of the molecule is CCCC(C(=O)O)N1CCN(CC(=O)O)CCN(CC(=O)O)CCN(CC(=O)O)CC1. The van der Waals surface area contributed by atoms with Crippen LogP contribution in [0.2, 0.25) is 0 Å². The molecule has 0 spiro atoms. The molecule has 0 radical (unpaired) electrons. The molecule has 1 aliphatic rings. The number of carboxylic acids is 4. The van der Waals surface area contributed by atoms with Gasteiger partial charge in [-0.15, -0.1) is 0 Å². The Kier molecular flexibility index (Phi) is 12.0. The number of aliphatic carboxylic acids is 4. The number of rotatable bonds is 10. The van der Waals surface area contributed by atoms with Gasteiger partial charge in [-0.2, -0.15) is 0 Å². The molecule has 1 heterocycles. The van der Waals surface area contributed by atoms with Crippen LogP contribution in [0.4, 0.5) is 0 Å². The molecule has 0 amide bonds. The minimum Gasteiger partial charge on any atom is -0.480 e. The number of carboxylic acid groups (broad SMARTS) is 4. The third-order valence-electron chi connectivity index (χ3n) is 5.24. The molecule has 12 nitrogen and oxygen atoms in total. The van der Waals surface area contributed by atoms with E-state index in [1.807, 2.05) is 6.92 Å². The van der Waals surface area contributed by atoms with Gasteiger partial charge < -0.3 is 20.4 Å². The van der Waals surface area contributed by atoms with Gasteiger partial charge in [0, 0.05) is 52.4 Å².